The predicted octanol–water partition coefficient (Wildman–Crippen LogP) is 1.62. The SMILES string of the molecule is CN=C(NCCS(=O)Cc1ccccc1)N1CC2C3CCC(O3)C2C1. The van der Waals surface area contributed by atoms with Crippen molar-refractivity contribution in [1.29, 1.82) is 0 Å². The van der Waals surface area contributed by atoms with Crippen molar-refractivity contribution in [3.8, 4) is 0 Å². The minimum atomic E-state index is -0.853. The van der Waals surface area contributed by atoms with Crippen LogP contribution in [0.1, 0.15) is 18.4 Å². The smallest absolute Gasteiger partial charge is 0.193 e. The van der Waals surface area contributed by atoms with Crippen LogP contribution in [0.2, 0.25) is 0 Å². The Morgan fingerprint density at radius 3 is 2.56 bits per heavy atom. The van der Waals surface area contributed by atoms with Crippen LogP contribution in [0.15, 0.2) is 35.3 Å². The second-order valence-corrected chi connectivity index (χ2v) is 8.85. The fraction of sp³-hybridized carbons (Fsp3) is 0.632. The van der Waals surface area contributed by atoms with Gasteiger partial charge in [-0.15, -0.1) is 0 Å². The van der Waals surface area contributed by atoms with Crippen LogP contribution in [0, 0.1) is 11.8 Å². The van der Waals surface area contributed by atoms with Gasteiger partial charge in [-0.25, -0.2) is 0 Å². The second kappa shape index (κ2) is 7.46. The average molecular weight is 362 g/mol. The first kappa shape index (κ1) is 17.0. The largest absolute Gasteiger partial charge is 0.374 e. The van der Waals surface area contributed by atoms with Gasteiger partial charge in [-0.05, 0) is 18.4 Å². The van der Waals surface area contributed by atoms with Gasteiger partial charge in [0, 0.05) is 60.8 Å². The van der Waals surface area contributed by atoms with Crippen LogP contribution in [0.3, 0.4) is 0 Å². The highest BCUT2D eigenvalue weighted by atomic mass is 32.2. The Hall–Kier alpha value is -1.40. The number of likely N-dealkylation sites (tertiary alicyclic amines) is 1. The lowest BCUT2D eigenvalue weighted by Gasteiger charge is -2.23. The van der Waals surface area contributed by atoms with Crippen LogP contribution in [0.5, 0.6) is 0 Å². The summed E-state index contributed by atoms with van der Waals surface area (Å²) in [6.07, 6.45) is 3.39. The van der Waals surface area contributed by atoms with Gasteiger partial charge in [0.15, 0.2) is 5.96 Å². The van der Waals surface area contributed by atoms with Crippen molar-refractivity contribution >= 4 is 16.8 Å². The fourth-order valence-electron chi connectivity index (χ4n) is 4.57. The lowest BCUT2D eigenvalue weighted by molar-refractivity contribution is 0.0767. The number of ether oxygens (including phenoxy) is 1. The molecule has 0 aromatic heterocycles. The summed E-state index contributed by atoms with van der Waals surface area (Å²) in [7, 11) is 0.983. The van der Waals surface area contributed by atoms with Crippen LogP contribution in [-0.2, 0) is 21.3 Å². The molecular weight excluding hydrogens is 334 g/mol. The molecule has 5 atom stereocenters. The summed E-state index contributed by atoms with van der Waals surface area (Å²) in [5.74, 6) is 3.55. The summed E-state index contributed by atoms with van der Waals surface area (Å²) < 4.78 is 18.3. The van der Waals surface area contributed by atoms with Crippen molar-refractivity contribution in [1.82, 2.24) is 10.2 Å². The van der Waals surface area contributed by atoms with E-state index in [1.807, 2.05) is 37.4 Å². The van der Waals surface area contributed by atoms with Crippen molar-refractivity contribution < 1.29 is 8.95 Å². The molecule has 0 saturated carbocycles. The highest BCUT2D eigenvalue weighted by molar-refractivity contribution is 7.84. The number of fused-ring (bicyclic) bond motifs is 5. The Morgan fingerprint density at radius 1 is 1.24 bits per heavy atom. The molecule has 3 heterocycles. The van der Waals surface area contributed by atoms with Crippen LogP contribution in [0.4, 0.5) is 0 Å². The maximum atomic E-state index is 12.3. The molecule has 5 nitrogen and oxygen atoms in total. The van der Waals surface area contributed by atoms with E-state index >= 15 is 0 Å². The fourth-order valence-corrected chi connectivity index (χ4v) is 5.61. The van der Waals surface area contributed by atoms with Crippen molar-refractivity contribution in [3.05, 3.63) is 35.9 Å². The highest BCUT2D eigenvalue weighted by Crippen LogP contribution is 2.47. The number of benzene rings is 1. The first-order valence-electron chi connectivity index (χ1n) is 9.24. The number of hydrogen-bond donors (Lipinski definition) is 1. The quantitative estimate of drug-likeness (QED) is 0.640. The molecule has 1 aromatic carbocycles. The van der Waals surface area contributed by atoms with E-state index in [1.165, 1.54) is 12.8 Å². The summed E-state index contributed by atoms with van der Waals surface area (Å²) in [5, 5.41) is 3.41. The maximum Gasteiger partial charge on any atom is 0.193 e. The molecule has 0 spiro atoms. The molecule has 3 fully saturated rings. The summed E-state index contributed by atoms with van der Waals surface area (Å²) in [5.41, 5.74) is 1.13. The first-order chi connectivity index (χ1) is 12.2. The molecule has 6 heteroatoms. The van der Waals surface area contributed by atoms with E-state index in [0.29, 0.717) is 42.1 Å². The van der Waals surface area contributed by atoms with Crippen molar-refractivity contribution in [3.63, 3.8) is 0 Å². The zero-order valence-electron chi connectivity index (χ0n) is 14.8. The van der Waals surface area contributed by atoms with E-state index in [0.717, 1.165) is 24.6 Å². The van der Waals surface area contributed by atoms with E-state index in [2.05, 4.69) is 15.2 Å². The first-order valence-corrected chi connectivity index (χ1v) is 10.7. The van der Waals surface area contributed by atoms with Gasteiger partial charge < -0.3 is 15.0 Å². The molecule has 0 aliphatic carbocycles. The standard InChI is InChI=1S/C19H27N3O2S/c1-20-19(21-9-10-25(23)13-14-5-3-2-4-6-14)22-11-15-16(12-22)18-8-7-17(15)24-18/h2-6,15-18H,7-13H2,1H3,(H,20,21). The van der Waals surface area contributed by atoms with Crippen LogP contribution < -0.4 is 5.32 Å². The molecule has 136 valence electrons. The van der Waals surface area contributed by atoms with Gasteiger partial charge >= 0.3 is 0 Å². The number of aliphatic imine (C=N–C) groups is 1. The average Bonchev–Trinajstić information content (AvgIpc) is 3.32. The number of rotatable bonds is 5. The third kappa shape index (κ3) is 3.60. The Kier molecular flexibility index (Phi) is 5.08. The number of nitrogens with zero attached hydrogens (tertiary/aromatic N) is 2. The van der Waals surface area contributed by atoms with Gasteiger partial charge in [-0.3, -0.25) is 9.20 Å². The molecule has 3 aliphatic heterocycles. The second-order valence-electron chi connectivity index (χ2n) is 7.27. The van der Waals surface area contributed by atoms with Crippen LogP contribution in [-0.4, -0.2) is 59.7 Å². The van der Waals surface area contributed by atoms with Crippen molar-refractivity contribution in [2.45, 2.75) is 30.8 Å². The normalized spacial score (nSPS) is 32.0. The summed E-state index contributed by atoms with van der Waals surface area (Å²) in [6.45, 7) is 2.78. The molecule has 3 aliphatic rings. The van der Waals surface area contributed by atoms with Crippen LogP contribution >= 0.6 is 0 Å². The van der Waals surface area contributed by atoms with Gasteiger partial charge in [-0.1, -0.05) is 30.3 Å². The minimum Gasteiger partial charge on any atom is -0.374 e. The Labute approximate surface area is 152 Å². The van der Waals surface area contributed by atoms with Gasteiger partial charge in [0.25, 0.3) is 0 Å². The summed E-state index contributed by atoms with van der Waals surface area (Å²) in [6, 6.07) is 10.0. The molecule has 25 heavy (non-hydrogen) atoms. The molecule has 1 aromatic rings. The summed E-state index contributed by atoms with van der Waals surface area (Å²) in [4.78, 5) is 6.80. The molecule has 3 saturated heterocycles. The van der Waals surface area contributed by atoms with Gasteiger partial charge in [-0.2, -0.15) is 0 Å². The van der Waals surface area contributed by atoms with Crippen molar-refractivity contribution in [2.75, 3.05) is 32.4 Å². The molecule has 4 rings (SSSR count). The molecule has 0 radical (unpaired) electrons. The van der Waals surface area contributed by atoms with E-state index in [-0.39, 0.29) is 0 Å². The Balaban J connectivity index is 1.24. The van der Waals surface area contributed by atoms with Crippen molar-refractivity contribution in [2.24, 2.45) is 16.8 Å². The third-order valence-corrected chi connectivity index (χ3v) is 7.06. The summed E-state index contributed by atoms with van der Waals surface area (Å²) >= 11 is 0. The lowest BCUT2D eigenvalue weighted by atomic mass is 9.82. The van der Waals surface area contributed by atoms with Gasteiger partial charge in [0.1, 0.15) is 0 Å². The molecular formula is C19H27N3O2S. The molecule has 2 bridgehead atoms. The predicted molar refractivity (Wildman–Crippen MR) is 101 cm³/mol. The number of nitrogens with one attached hydrogen (secondary N) is 1. The number of guanidine groups is 1. The van der Waals surface area contributed by atoms with Gasteiger partial charge in [0.2, 0.25) is 0 Å². The Bertz CT molecular complexity index is 633. The highest BCUT2D eigenvalue weighted by Gasteiger charge is 2.53. The third-order valence-electron chi connectivity index (χ3n) is 5.75. The zero-order valence-corrected chi connectivity index (χ0v) is 15.6. The van der Waals surface area contributed by atoms with Crippen LogP contribution in [0.25, 0.3) is 0 Å². The topological polar surface area (TPSA) is 53.9 Å². The number of hydrogen-bond acceptors (Lipinski definition) is 3. The maximum absolute atomic E-state index is 12.3. The molecule has 1 N–H and O–H groups in total. The lowest BCUT2D eigenvalue weighted by Crippen LogP contribution is -2.42. The minimum absolute atomic E-state index is 0.469. The van der Waals surface area contributed by atoms with E-state index in [4.69, 9.17) is 4.74 Å². The Morgan fingerprint density at radius 2 is 1.92 bits per heavy atom. The van der Waals surface area contributed by atoms with E-state index < -0.39 is 10.8 Å². The van der Waals surface area contributed by atoms with E-state index in [9.17, 15) is 4.21 Å². The monoisotopic (exact) mass is 361 g/mol. The zero-order chi connectivity index (χ0) is 17.2. The molecule has 5 unspecified atom stereocenters. The van der Waals surface area contributed by atoms with Gasteiger partial charge in [0.05, 0.1) is 12.2 Å². The van der Waals surface area contributed by atoms with E-state index in [1.54, 1.807) is 0 Å². The molecule has 0 amide bonds.